The number of fused-ring (bicyclic) bond motifs is 1. The number of anilines is 1. The predicted molar refractivity (Wildman–Crippen MR) is 92.3 cm³/mol. The Morgan fingerprint density at radius 2 is 2.12 bits per heavy atom. The van der Waals surface area contributed by atoms with E-state index in [1.54, 1.807) is 11.9 Å². The molecule has 1 aliphatic rings. The molecule has 1 aromatic carbocycles. The van der Waals surface area contributed by atoms with Gasteiger partial charge in [0.2, 0.25) is 0 Å². The molecule has 132 valence electrons. The van der Waals surface area contributed by atoms with E-state index in [1.165, 1.54) is 0 Å². The van der Waals surface area contributed by atoms with Gasteiger partial charge in [-0.05, 0) is 36.0 Å². The van der Waals surface area contributed by atoms with E-state index >= 15 is 0 Å². The van der Waals surface area contributed by atoms with Crippen LogP contribution in [0.5, 0.6) is 5.75 Å². The van der Waals surface area contributed by atoms with E-state index in [1.807, 2.05) is 18.2 Å². The van der Waals surface area contributed by atoms with Gasteiger partial charge < -0.3 is 20.1 Å². The standard InChI is InChI=1S/C18H26N2O4/c1-18(2,3)8-7-13(17(22)23)19-10-12-5-6-14-15(9-12)24-11-16(21)20(14)4/h5-6,9,13,19H,7-8,10-11H2,1-4H3,(H,22,23). The zero-order valence-corrected chi connectivity index (χ0v) is 14.8. The third kappa shape index (κ3) is 4.71. The Morgan fingerprint density at radius 1 is 1.42 bits per heavy atom. The summed E-state index contributed by atoms with van der Waals surface area (Å²) in [6.45, 7) is 6.78. The van der Waals surface area contributed by atoms with Gasteiger partial charge in [0.1, 0.15) is 11.8 Å². The van der Waals surface area contributed by atoms with Gasteiger partial charge in [-0.25, -0.2) is 0 Å². The number of likely N-dealkylation sites (N-methyl/N-ethyl adjacent to an activating group) is 1. The van der Waals surface area contributed by atoms with Crippen LogP contribution in [0.4, 0.5) is 5.69 Å². The first kappa shape index (κ1) is 18.3. The molecule has 2 rings (SSSR count). The number of hydrogen-bond donors (Lipinski definition) is 2. The highest BCUT2D eigenvalue weighted by Gasteiger charge is 2.23. The van der Waals surface area contributed by atoms with Crippen molar-refractivity contribution >= 4 is 17.6 Å². The van der Waals surface area contributed by atoms with Gasteiger partial charge in [0.25, 0.3) is 5.91 Å². The van der Waals surface area contributed by atoms with Gasteiger partial charge in [-0.2, -0.15) is 0 Å². The fourth-order valence-electron chi connectivity index (χ4n) is 2.56. The Labute approximate surface area is 142 Å². The monoisotopic (exact) mass is 334 g/mol. The lowest BCUT2D eigenvalue weighted by molar-refractivity contribution is -0.139. The van der Waals surface area contributed by atoms with Crippen LogP contribution in [0.3, 0.4) is 0 Å². The largest absolute Gasteiger partial charge is 0.482 e. The summed E-state index contributed by atoms with van der Waals surface area (Å²) in [6.07, 6.45) is 1.41. The number of nitrogens with zero attached hydrogens (tertiary/aromatic N) is 1. The van der Waals surface area contributed by atoms with E-state index in [0.29, 0.717) is 18.7 Å². The van der Waals surface area contributed by atoms with E-state index < -0.39 is 12.0 Å². The van der Waals surface area contributed by atoms with Crippen molar-refractivity contribution in [1.82, 2.24) is 5.32 Å². The van der Waals surface area contributed by atoms with Gasteiger partial charge in [-0.3, -0.25) is 9.59 Å². The number of ether oxygens (including phenoxy) is 1. The quantitative estimate of drug-likeness (QED) is 0.835. The van der Waals surface area contributed by atoms with Gasteiger partial charge in [0.15, 0.2) is 6.61 Å². The summed E-state index contributed by atoms with van der Waals surface area (Å²) in [4.78, 5) is 24.6. The highest BCUT2D eigenvalue weighted by molar-refractivity contribution is 5.97. The van der Waals surface area contributed by atoms with Gasteiger partial charge in [0.05, 0.1) is 5.69 Å². The summed E-state index contributed by atoms with van der Waals surface area (Å²) in [6, 6.07) is 4.99. The number of nitrogens with one attached hydrogen (secondary N) is 1. The summed E-state index contributed by atoms with van der Waals surface area (Å²) in [5.41, 5.74) is 1.77. The van der Waals surface area contributed by atoms with E-state index in [0.717, 1.165) is 17.7 Å². The number of amides is 1. The third-order valence-corrected chi connectivity index (χ3v) is 4.14. The molecule has 0 radical (unpaired) electrons. The fourth-order valence-corrected chi connectivity index (χ4v) is 2.56. The van der Waals surface area contributed by atoms with Gasteiger partial charge in [-0.1, -0.05) is 26.8 Å². The third-order valence-electron chi connectivity index (χ3n) is 4.14. The summed E-state index contributed by atoms with van der Waals surface area (Å²) < 4.78 is 5.46. The van der Waals surface area contributed by atoms with Crippen molar-refractivity contribution in [3.05, 3.63) is 23.8 Å². The van der Waals surface area contributed by atoms with Crippen LogP contribution in [0.15, 0.2) is 18.2 Å². The van der Waals surface area contributed by atoms with Crippen molar-refractivity contribution in [2.24, 2.45) is 5.41 Å². The minimum atomic E-state index is -0.834. The molecular formula is C18H26N2O4. The lowest BCUT2D eigenvalue weighted by Crippen LogP contribution is -2.37. The first-order valence-corrected chi connectivity index (χ1v) is 8.16. The van der Waals surface area contributed by atoms with Crippen molar-refractivity contribution in [3.63, 3.8) is 0 Å². The first-order valence-electron chi connectivity index (χ1n) is 8.16. The molecule has 0 saturated carbocycles. The van der Waals surface area contributed by atoms with Gasteiger partial charge in [-0.15, -0.1) is 0 Å². The maximum Gasteiger partial charge on any atom is 0.320 e. The number of carboxylic acid groups (broad SMARTS) is 1. The minimum Gasteiger partial charge on any atom is -0.482 e. The second-order valence-electron chi connectivity index (χ2n) is 7.41. The zero-order chi connectivity index (χ0) is 17.9. The van der Waals surface area contributed by atoms with Crippen LogP contribution in [-0.2, 0) is 16.1 Å². The number of carbonyl (C=O) groups is 2. The SMILES string of the molecule is CN1C(=O)COc2cc(CNC(CCC(C)(C)C)C(=O)O)ccc21. The van der Waals surface area contributed by atoms with E-state index in [4.69, 9.17) is 4.74 Å². The predicted octanol–water partition coefficient (Wildman–Crippen LogP) is 2.41. The highest BCUT2D eigenvalue weighted by Crippen LogP contribution is 2.32. The van der Waals surface area contributed by atoms with Crippen molar-refractivity contribution in [3.8, 4) is 5.75 Å². The number of hydrogen-bond acceptors (Lipinski definition) is 4. The van der Waals surface area contributed by atoms with Crippen LogP contribution >= 0.6 is 0 Å². The Balaban J connectivity index is 2.00. The molecule has 0 fully saturated rings. The molecule has 1 aliphatic heterocycles. The van der Waals surface area contributed by atoms with E-state index in [9.17, 15) is 14.7 Å². The summed E-state index contributed by atoms with van der Waals surface area (Å²) >= 11 is 0. The number of carbonyl (C=O) groups excluding carboxylic acids is 1. The molecule has 0 aliphatic carbocycles. The molecule has 1 aromatic rings. The van der Waals surface area contributed by atoms with Crippen LogP contribution in [0.25, 0.3) is 0 Å². The number of benzene rings is 1. The number of rotatable bonds is 6. The van der Waals surface area contributed by atoms with Crippen LogP contribution in [0.1, 0.15) is 39.2 Å². The molecule has 0 spiro atoms. The first-order chi connectivity index (χ1) is 11.2. The van der Waals surface area contributed by atoms with Crippen molar-refractivity contribution in [2.75, 3.05) is 18.6 Å². The van der Waals surface area contributed by atoms with Crippen LogP contribution < -0.4 is 15.0 Å². The lowest BCUT2D eigenvalue weighted by atomic mass is 9.88. The van der Waals surface area contributed by atoms with E-state index in [-0.39, 0.29) is 17.9 Å². The smallest absolute Gasteiger partial charge is 0.320 e. The molecule has 6 heteroatoms. The maximum atomic E-state index is 11.6. The number of carboxylic acids is 1. The molecule has 2 N–H and O–H groups in total. The van der Waals surface area contributed by atoms with Gasteiger partial charge >= 0.3 is 5.97 Å². The normalized spacial score (nSPS) is 15.7. The lowest BCUT2D eigenvalue weighted by Gasteiger charge is -2.26. The zero-order valence-electron chi connectivity index (χ0n) is 14.8. The molecular weight excluding hydrogens is 308 g/mol. The highest BCUT2D eigenvalue weighted by atomic mass is 16.5. The Kier molecular flexibility index (Phi) is 5.49. The summed E-state index contributed by atoms with van der Waals surface area (Å²) in [5.74, 6) is -0.266. The van der Waals surface area contributed by atoms with E-state index in [2.05, 4.69) is 26.1 Å². The van der Waals surface area contributed by atoms with Crippen LogP contribution in [-0.4, -0.2) is 36.7 Å². The Bertz CT molecular complexity index is 622. The van der Waals surface area contributed by atoms with Crippen molar-refractivity contribution in [1.29, 1.82) is 0 Å². The molecule has 24 heavy (non-hydrogen) atoms. The van der Waals surface area contributed by atoms with Crippen LogP contribution in [0, 0.1) is 5.41 Å². The molecule has 1 atom stereocenters. The number of aliphatic carboxylic acids is 1. The van der Waals surface area contributed by atoms with Crippen LogP contribution in [0.2, 0.25) is 0 Å². The Morgan fingerprint density at radius 3 is 2.75 bits per heavy atom. The molecule has 0 bridgehead atoms. The molecule has 1 heterocycles. The molecule has 6 nitrogen and oxygen atoms in total. The summed E-state index contributed by atoms with van der Waals surface area (Å²) in [7, 11) is 1.72. The van der Waals surface area contributed by atoms with Crippen molar-refractivity contribution in [2.45, 2.75) is 46.2 Å². The Hall–Kier alpha value is -2.08. The molecule has 1 unspecified atom stereocenters. The average molecular weight is 334 g/mol. The molecule has 0 aromatic heterocycles. The average Bonchev–Trinajstić information content (AvgIpc) is 2.49. The van der Waals surface area contributed by atoms with Crippen molar-refractivity contribution < 1.29 is 19.4 Å². The maximum absolute atomic E-state index is 11.6. The second-order valence-corrected chi connectivity index (χ2v) is 7.41. The minimum absolute atomic E-state index is 0.0315. The summed E-state index contributed by atoms with van der Waals surface area (Å²) in [5, 5.41) is 12.5. The molecule has 0 saturated heterocycles. The van der Waals surface area contributed by atoms with Gasteiger partial charge in [0, 0.05) is 13.6 Å². The second kappa shape index (κ2) is 7.21. The fraction of sp³-hybridized carbons (Fsp3) is 0.556. The topological polar surface area (TPSA) is 78.9 Å². The molecule has 1 amide bonds.